The highest BCUT2D eigenvalue weighted by Gasteiger charge is 2.14. The third kappa shape index (κ3) is 3.38. The van der Waals surface area contributed by atoms with Crippen LogP contribution in [0.5, 0.6) is 0 Å². The minimum atomic E-state index is -0.185. The lowest BCUT2D eigenvalue weighted by Gasteiger charge is -2.21. The van der Waals surface area contributed by atoms with E-state index in [1.165, 1.54) is 4.88 Å². The molecule has 4 heteroatoms. The summed E-state index contributed by atoms with van der Waals surface area (Å²) >= 11 is 1.75. The third-order valence-electron chi connectivity index (χ3n) is 2.05. The Morgan fingerprint density at radius 3 is 2.64 bits per heavy atom. The van der Waals surface area contributed by atoms with E-state index in [0.29, 0.717) is 0 Å². The van der Waals surface area contributed by atoms with Gasteiger partial charge < -0.3 is 14.8 Å². The predicted octanol–water partition coefficient (Wildman–Crippen LogP) is 1.85. The van der Waals surface area contributed by atoms with Crippen LogP contribution in [-0.2, 0) is 16.0 Å². The summed E-state index contributed by atoms with van der Waals surface area (Å²) in [6.45, 7) is 2.91. The standard InChI is InChI=1S/C10H17NO2S/c1-8(10(12-2)13-3)11-7-9-5-4-6-14-9/h4-6,8,10-11H,7H2,1-3H3. The fraction of sp³-hybridized carbons (Fsp3) is 0.600. The second-order valence-electron chi connectivity index (χ2n) is 3.09. The molecule has 0 aromatic carbocycles. The van der Waals surface area contributed by atoms with E-state index < -0.39 is 0 Å². The van der Waals surface area contributed by atoms with Crippen LogP contribution >= 0.6 is 11.3 Å². The van der Waals surface area contributed by atoms with E-state index in [9.17, 15) is 0 Å². The molecule has 0 aliphatic heterocycles. The molecule has 0 spiro atoms. The van der Waals surface area contributed by atoms with Crippen molar-refractivity contribution < 1.29 is 9.47 Å². The van der Waals surface area contributed by atoms with Crippen LogP contribution in [0.3, 0.4) is 0 Å². The molecule has 1 unspecified atom stereocenters. The fourth-order valence-corrected chi connectivity index (χ4v) is 1.93. The second kappa shape index (κ2) is 6.14. The second-order valence-corrected chi connectivity index (χ2v) is 4.12. The molecule has 1 rings (SSSR count). The Morgan fingerprint density at radius 2 is 2.14 bits per heavy atom. The molecule has 1 N–H and O–H groups in total. The summed E-state index contributed by atoms with van der Waals surface area (Å²) in [7, 11) is 3.30. The van der Waals surface area contributed by atoms with Gasteiger partial charge in [-0.3, -0.25) is 0 Å². The maximum absolute atomic E-state index is 5.15. The van der Waals surface area contributed by atoms with Gasteiger partial charge >= 0.3 is 0 Å². The van der Waals surface area contributed by atoms with Gasteiger partial charge in [0, 0.05) is 25.6 Å². The molecule has 0 saturated carbocycles. The molecule has 0 saturated heterocycles. The fourth-order valence-electron chi connectivity index (χ4n) is 1.28. The number of ether oxygens (including phenoxy) is 2. The van der Waals surface area contributed by atoms with Crippen LogP contribution in [0.1, 0.15) is 11.8 Å². The normalized spacial score (nSPS) is 13.4. The summed E-state index contributed by atoms with van der Waals surface area (Å²) in [5.41, 5.74) is 0. The van der Waals surface area contributed by atoms with E-state index in [1.807, 2.05) is 6.92 Å². The van der Waals surface area contributed by atoms with Gasteiger partial charge in [0.15, 0.2) is 6.29 Å². The van der Waals surface area contributed by atoms with Crippen LogP contribution in [0.2, 0.25) is 0 Å². The summed E-state index contributed by atoms with van der Waals surface area (Å²) < 4.78 is 10.3. The van der Waals surface area contributed by atoms with Gasteiger partial charge in [0.2, 0.25) is 0 Å². The number of rotatable bonds is 6. The molecule has 0 aliphatic carbocycles. The molecular weight excluding hydrogens is 198 g/mol. The van der Waals surface area contributed by atoms with Gasteiger partial charge in [-0.05, 0) is 18.4 Å². The first-order valence-electron chi connectivity index (χ1n) is 4.59. The number of nitrogens with one attached hydrogen (secondary N) is 1. The first-order chi connectivity index (χ1) is 6.77. The zero-order chi connectivity index (χ0) is 10.4. The van der Waals surface area contributed by atoms with E-state index in [2.05, 4.69) is 22.8 Å². The van der Waals surface area contributed by atoms with Gasteiger partial charge in [-0.15, -0.1) is 11.3 Å². The summed E-state index contributed by atoms with van der Waals surface area (Å²) in [6, 6.07) is 4.35. The largest absolute Gasteiger partial charge is 0.354 e. The summed E-state index contributed by atoms with van der Waals surface area (Å²) in [6.07, 6.45) is -0.185. The van der Waals surface area contributed by atoms with Gasteiger partial charge in [0.05, 0.1) is 6.04 Å². The average molecular weight is 215 g/mol. The highest BCUT2D eigenvalue weighted by Crippen LogP contribution is 2.08. The van der Waals surface area contributed by atoms with Crippen molar-refractivity contribution in [2.45, 2.75) is 25.8 Å². The summed E-state index contributed by atoms with van der Waals surface area (Å²) in [5, 5.41) is 5.42. The maximum Gasteiger partial charge on any atom is 0.171 e. The highest BCUT2D eigenvalue weighted by molar-refractivity contribution is 7.09. The Balaban J connectivity index is 2.30. The minimum absolute atomic E-state index is 0.185. The van der Waals surface area contributed by atoms with Gasteiger partial charge in [0.1, 0.15) is 0 Å². The zero-order valence-corrected chi connectivity index (χ0v) is 9.64. The van der Waals surface area contributed by atoms with Crippen molar-refractivity contribution in [2.24, 2.45) is 0 Å². The molecule has 1 aromatic heterocycles. The molecule has 3 nitrogen and oxygen atoms in total. The predicted molar refractivity (Wildman–Crippen MR) is 58.4 cm³/mol. The van der Waals surface area contributed by atoms with E-state index >= 15 is 0 Å². The van der Waals surface area contributed by atoms with E-state index in [1.54, 1.807) is 25.6 Å². The van der Waals surface area contributed by atoms with Crippen LogP contribution < -0.4 is 5.32 Å². The molecule has 80 valence electrons. The minimum Gasteiger partial charge on any atom is -0.354 e. The van der Waals surface area contributed by atoms with Crippen molar-refractivity contribution in [1.29, 1.82) is 0 Å². The van der Waals surface area contributed by atoms with Gasteiger partial charge in [-0.25, -0.2) is 0 Å². The lowest BCUT2D eigenvalue weighted by atomic mass is 10.3. The Bertz CT molecular complexity index is 234. The van der Waals surface area contributed by atoms with Crippen LogP contribution in [0, 0.1) is 0 Å². The number of thiophene rings is 1. The molecule has 1 aromatic rings. The van der Waals surface area contributed by atoms with Crippen molar-refractivity contribution in [3.63, 3.8) is 0 Å². The monoisotopic (exact) mass is 215 g/mol. The molecule has 1 atom stereocenters. The first-order valence-corrected chi connectivity index (χ1v) is 5.47. The highest BCUT2D eigenvalue weighted by atomic mass is 32.1. The Labute approximate surface area is 89.0 Å². The van der Waals surface area contributed by atoms with Crippen molar-refractivity contribution in [3.8, 4) is 0 Å². The van der Waals surface area contributed by atoms with Gasteiger partial charge in [0.25, 0.3) is 0 Å². The quantitative estimate of drug-likeness (QED) is 0.735. The van der Waals surface area contributed by atoms with Crippen molar-refractivity contribution >= 4 is 11.3 Å². The van der Waals surface area contributed by atoms with Crippen LogP contribution in [0.25, 0.3) is 0 Å². The average Bonchev–Trinajstić information content (AvgIpc) is 2.69. The van der Waals surface area contributed by atoms with Crippen LogP contribution in [-0.4, -0.2) is 26.6 Å². The van der Waals surface area contributed by atoms with Crippen LogP contribution in [0.15, 0.2) is 17.5 Å². The van der Waals surface area contributed by atoms with Crippen molar-refractivity contribution in [2.75, 3.05) is 14.2 Å². The molecule has 0 fully saturated rings. The smallest absolute Gasteiger partial charge is 0.171 e. The molecule has 1 heterocycles. The molecule has 0 amide bonds. The lowest BCUT2D eigenvalue weighted by Crippen LogP contribution is -2.39. The molecule has 14 heavy (non-hydrogen) atoms. The number of methoxy groups -OCH3 is 2. The Kier molecular flexibility index (Phi) is 5.11. The molecule has 0 aliphatic rings. The van der Waals surface area contributed by atoms with Crippen molar-refractivity contribution in [3.05, 3.63) is 22.4 Å². The molecule has 0 radical (unpaired) electrons. The van der Waals surface area contributed by atoms with Crippen LogP contribution in [0.4, 0.5) is 0 Å². The van der Waals surface area contributed by atoms with Gasteiger partial charge in [-0.2, -0.15) is 0 Å². The Morgan fingerprint density at radius 1 is 1.43 bits per heavy atom. The van der Waals surface area contributed by atoms with E-state index in [0.717, 1.165) is 6.54 Å². The zero-order valence-electron chi connectivity index (χ0n) is 8.82. The SMILES string of the molecule is COC(OC)C(C)NCc1cccs1. The third-order valence-corrected chi connectivity index (χ3v) is 2.93. The molecular formula is C10H17NO2S. The van der Waals surface area contributed by atoms with E-state index in [-0.39, 0.29) is 12.3 Å². The maximum atomic E-state index is 5.15. The lowest BCUT2D eigenvalue weighted by molar-refractivity contribution is -0.119. The van der Waals surface area contributed by atoms with E-state index in [4.69, 9.17) is 9.47 Å². The summed E-state index contributed by atoms with van der Waals surface area (Å²) in [4.78, 5) is 1.32. The number of hydrogen-bond acceptors (Lipinski definition) is 4. The van der Waals surface area contributed by atoms with Crippen molar-refractivity contribution in [1.82, 2.24) is 5.32 Å². The molecule has 0 bridgehead atoms. The topological polar surface area (TPSA) is 30.5 Å². The summed E-state index contributed by atoms with van der Waals surface area (Å²) in [5.74, 6) is 0. The first kappa shape index (κ1) is 11.7. The number of hydrogen-bond donors (Lipinski definition) is 1. The Hall–Kier alpha value is -0.420. The van der Waals surface area contributed by atoms with Gasteiger partial charge in [-0.1, -0.05) is 6.07 Å².